The van der Waals surface area contributed by atoms with E-state index in [1.807, 2.05) is 0 Å². The first-order chi connectivity index (χ1) is 9.21. The maximum atomic E-state index is 13.6. The highest BCUT2D eigenvalue weighted by Gasteiger charge is 2.22. The third kappa shape index (κ3) is 5.05. The molecule has 5 nitrogen and oxygen atoms in total. The van der Waals surface area contributed by atoms with Gasteiger partial charge >= 0.3 is 12.0 Å². The Balaban J connectivity index is 2.63. The Kier molecular flexibility index (Phi) is 5.33. The highest BCUT2D eigenvalue weighted by atomic mass is 35.5. The number of benzene rings is 1. The molecule has 0 aliphatic carbocycles. The summed E-state index contributed by atoms with van der Waals surface area (Å²) >= 11 is 5.60. The standard InChI is InChI=1S/C13H16ClFN2O3/c1-13(2,7-6-10(18)19)17-12(20)16-9-5-3-4-8(14)11(9)15/h3-5H,6-7H2,1-2H3,(H,18,19)(H2,16,17,20). The quantitative estimate of drug-likeness (QED) is 0.781. The summed E-state index contributed by atoms with van der Waals surface area (Å²) in [5.41, 5.74) is -0.763. The topological polar surface area (TPSA) is 78.4 Å². The lowest BCUT2D eigenvalue weighted by molar-refractivity contribution is -0.137. The molecule has 0 atom stereocenters. The van der Waals surface area contributed by atoms with Gasteiger partial charge in [0.05, 0.1) is 10.7 Å². The second-order valence-corrected chi connectivity index (χ2v) is 5.37. The molecule has 3 N–H and O–H groups in total. The average molecular weight is 303 g/mol. The molecule has 0 fully saturated rings. The van der Waals surface area contributed by atoms with Crippen molar-refractivity contribution in [1.82, 2.24) is 5.32 Å². The minimum absolute atomic E-state index is 0.0379. The summed E-state index contributed by atoms with van der Waals surface area (Å²) in [5, 5.41) is 13.5. The molecule has 0 aliphatic rings. The van der Waals surface area contributed by atoms with E-state index in [0.29, 0.717) is 0 Å². The fourth-order valence-electron chi connectivity index (χ4n) is 1.54. The van der Waals surface area contributed by atoms with Crippen molar-refractivity contribution in [3.63, 3.8) is 0 Å². The Hall–Kier alpha value is -1.82. The molecule has 110 valence electrons. The summed E-state index contributed by atoms with van der Waals surface area (Å²) in [4.78, 5) is 22.3. The number of hydrogen-bond donors (Lipinski definition) is 3. The molecule has 0 heterocycles. The summed E-state index contributed by atoms with van der Waals surface area (Å²) in [6.45, 7) is 3.37. The molecule has 20 heavy (non-hydrogen) atoms. The van der Waals surface area contributed by atoms with Crippen LogP contribution < -0.4 is 10.6 Å². The van der Waals surface area contributed by atoms with Crippen molar-refractivity contribution in [2.75, 3.05) is 5.32 Å². The fourth-order valence-corrected chi connectivity index (χ4v) is 1.72. The van der Waals surface area contributed by atoms with Gasteiger partial charge in [-0.05, 0) is 32.4 Å². The number of amides is 2. The van der Waals surface area contributed by atoms with Crippen LogP contribution >= 0.6 is 11.6 Å². The summed E-state index contributed by atoms with van der Waals surface area (Å²) in [6.07, 6.45) is 0.187. The van der Waals surface area contributed by atoms with E-state index in [1.54, 1.807) is 13.8 Å². The van der Waals surface area contributed by atoms with E-state index in [1.165, 1.54) is 18.2 Å². The van der Waals surface area contributed by atoms with Gasteiger partial charge in [0.2, 0.25) is 0 Å². The van der Waals surface area contributed by atoms with E-state index >= 15 is 0 Å². The Morgan fingerprint density at radius 3 is 2.65 bits per heavy atom. The molecule has 1 aromatic rings. The van der Waals surface area contributed by atoms with Crippen LogP contribution in [0, 0.1) is 5.82 Å². The van der Waals surface area contributed by atoms with E-state index in [-0.39, 0.29) is 23.6 Å². The Bertz CT molecular complexity index is 520. The molecule has 0 saturated carbocycles. The molecule has 0 aromatic heterocycles. The van der Waals surface area contributed by atoms with Crippen LogP contribution in [-0.4, -0.2) is 22.6 Å². The van der Waals surface area contributed by atoms with Gasteiger partial charge in [-0.3, -0.25) is 4.79 Å². The van der Waals surface area contributed by atoms with E-state index in [2.05, 4.69) is 10.6 Å². The molecule has 0 bridgehead atoms. The highest BCUT2D eigenvalue weighted by Crippen LogP contribution is 2.22. The van der Waals surface area contributed by atoms with Crippen LogP contribution in [0.25, 0.3) is 0 Å². The van der Waals surface area contributed by atoms with Crippen molar-refractivity contribution in [2.24, 2.45) is 0 Å². The molecule has 0 spiro atoms. The van der Waals surface area contributed by atoms with Crippen LogP contribution in [0.2, 0.25) is 5.02 Å². The number of hydrogen-bond acceptors (Lipinski definition) is 2. The average Bonchev–Trinajstić information content (AvgIpc) is 2.32. The number of urea groups is 1. The van der Waals surface area contributed by atoms with Gasteiger partial charge in [-0.15, -0.1) is 0 Å². The number of nitrogens with one attached hydrogen (secondary N) is 2. The van der Waals surface area contributed by atoms with Crippen molar-refractivity contribution in [3.05, 3.63) is 29.0 Å². The highest BCUT2D eigenvalue weighted by molar-refractivity contribution is 6.31. The van der Waals surface area contributed by atoms with Crippen LogP contribution in [0.3, 0.4) is 0 Å². The van der Waals surface area contributed by atoms with Gasteiger partial charge in [-0.25, -0.2) is 9.18 Å². The monoisotopic (exact) mass is 302 g/mol. The number of carbonyl (C=O) groups excluding carboxylic acids is 1. The van der Waals surface area contributed by atoms with E-state index in [0.717, 1.165) is 0 Å². The molecule has 2 amide bonds. The number of rotatable bonds is 5. The first-order valence-electron chi connectivity index (χ1n) is 5.96. The normalized spacial score (nSPS) is 11.0. The van der Waals surface area contributed by atoms with Gasteiger partial charge in [-0.1, -0.05) is 17.7 Å². The smallest absolute Gasteiger partial charge is 0.319 e. The van der Waals surface area contributed by atoms with Crippen molar-refractivity contribution < 1.29 is 19.1 Å². The third-order valence-corrected chi connectivity index (χ3v) is 2.91. The Morgan fingerprint density at radius 2 is 2.05 bits per heavy atom. The maximum Gasteiger partial charge on any atom is 0.319 e. The van der Waals surface area contributed by atoms with Gasteiger partial charge in [0.25, 0.3) is 0 Å². The Labute approximate surface area is 121 Å². The van der Waals surface area contributed by atoms with Crippen molar-refractivity contribution >= 4 is 29.3 Å². The minimum Gasteiger partial charge on any atom is -0.481 e. The van der Waals surface area contributed by atoms with Gasteiger partial charge in [0.1, 0.15) is 0 Å². The largest absolute Gasteiger partial charge is 0.481 e. The number of anilines is 1. The zero-order valence-corrected chi connectivity index (χ0v) is 11.9. The number of aliphatic carboxylic acids is 1. The predicted molar refractivity (Wildman–Crippen MR) is 74.5 cm³/mol. The first-order valence-corrected chi connectivity index (χ1v) is 6.34. The van der Waals surface area contributed by atoms with Gasteiger partial charge in [0, 0.05) is 12.0 Å². The van der Waals surface area contributed by atoms with Crippen LogP contribution in [-0.2, 0) is 4.79 Å². The fraction of sp³-hybridized carbons (Fsp3) is 0.385. The second-order valence-electron chi connectivity index (χ2n) is 4.96. The Morgan fingerprint density at radius 1 is 1.40 bits per heavy atom. The predicted octanol–water partition coefficient (Wildman–Crippen LogP) is 3.24. The molecule has 0 saturated heterocycles. The van der Waals surface area contributed by atoms with Crippen molar-refractivity contribution in [1.29, 1.82) is 0 Å². The number of halogens is 2. The van der Waals surface area contributed by atoms with Crippen molar-refractivity contribution in [3.8, 4) is 0 Å². The molecule has 1 rings (SSSR count). The maximum absolute atomic E-state index is 13.6. The lowest BCUT2D eigenvalue weighted by Crippen LogP contribution is -2.45. The molecule has 0 unspecified atom stereocenters. The number of carboxylic acids is 1. The summed E-state index contributed by atoms with van der Waals surface area (Å²) in [5.74, 6) is -1.66. The van der Waals surface area contributed by atoms with Crippen molar-refractivity contribution in [2.45, 2.75) is 32.2 Å². The van der Waals surface area contributed by atoms with Crippen LogP contribution in [0.15, 0.2) is 18.2 Å². The SMILES string of the molecule is CC(C)(CCC(=O)O)NC(=O)Nc1cccc(Cl)c1F. The summed E-state index contributed by atoms with van der Waals surface area (Å²) in [7, 11) is 0. The summed E-state index contributed by atoms with van der Waals surface area (Å²) < 4.78 is 13.6. The van der Waals surface area contributed by atoms with Gasteiger partial charge < -0.3 is 15.7 Å². The number of carboxylic acid groups (broad SMARTS) is 1. The zero-order valence-electron chi connectivity index (χ0n) is 11.2. The van der Waals surface area contributed by atoms with E-state index in [4.69, 9.17) is 16.7 Å². The van der Waals surface area contributed by atoms with Crippen LogP contribution in [0.1, 0.15) is 26.7 Å². The minimum atomic E-state index is -0.943. The van der Waals surface area contributed by atoms with Crippen LogP contribution in [0.5, 0.6) is 0 Å². The lowest BCUT2D eigenvalue weighted by Gasteiger charge is -2.25. The van der Waals surface area contributed by atoms with E-state index in [9.17, 15) is 14.0 Å². The molecule has 7 heteroatoms. The van der Waals surface area contributed by atoms with E-state index < -0.39 is 23.4 Å². The number of carbonyl (C=O) groups is 2. The molecular weight excluding hydrogens is 287 g/mol. The molecule has 0 radical (unpaired) electrons. The van der Waals surface area contributed by atoms with Crippen LogP contribution in [0.4, 0.5) is 14.9 Å². The summed E-state index contributed by atoms with van der Waals surface area (Å²) in [6, 6.07) is 3.64. The lowest BCUT2D eigenvalue weighted by atomic mass is 9.99. The third-order valence-electron chi connectivity index (χ3n) is 2.62. The van der Waals surface area contributed by atoms with Gasteiger partial charge in [-0.2, -0.15) is 0 Å². The molecule has 1 aromatic carbocycles. The molecule has 0 aliphatic heterocycles. The first kappa shape index (κ1) is 16.2. The zero-order chi connectivity index (χ0) is 15.3. The molecular formula is C13H16ClFN2O3. The second kappa shape index (κ2) is 6.56. The van der Waals surface area contributed by atoms with Gasteiger partial charge in [0.15, 0.2) is 5.82 Å².